The fourth-order valence-electron chi connectivity index (χ4n) is 2.97. The highest BCUT2D eigenvalue weighted by Crippen LogP contribution is 2.18. The summed E-state index contributed by atoms with van der Waals surface area (Å²) in [5.41, 5.74) is 0. The first kappa shape index (κ1) is 25.3. The Morgan fingerprint density at radius 1 is 0.846 bits per heavy atom. The molecule has 0 amide bonds. The van der Waals surface area contributed by atoms with E-state index in [4.69, 9.17) is 9.29 Å². The fraction of sp³-hybridized carbons (Fsp3) is 0.947. The average Bonchev–Trinajstić information content (AvgIpc) is 2.58. The van der Waals surface area contributed by atoms with Crippen LogP contribution in [0.5, 0.6) is 0 Å². The molecule has 2 atom stereocenters. The molecule has 0 aromatic carbocycles. The van der Waals surface area contributed by atoms with Gasteiger partial charge in [-0.05, 0) is 25.2 Å². The lowest BCUT2D eigenvalue weighted by atomic mass is 9.96. The minimum absolute atomic E-state index is 0.213. The minimum atomic E-state index is -4.67. The van der Waals surface area contributed by atoms with Gasteiger partial charge >= 0.3 is 16.4 Å². The molecule has 0 saturated heterocycles. The summed E-state index contributed by atoms with van der Waals surface area (Å²) >= 11 is 0. The quantitative estimate of drug-likeness (QED) is 0.210. The summed E-state index contributed by atoms with van der Waals surface area (Å²) in [6.07, 6.45) is 10.7. The molecule has 0 saturated carbocycles. The predicted molar refractivity (Wildman–Crippen MR) is 103 cm³/mol. The first-order valence-electron chi connectivity index (χ1n) is 10.2. The van der Waals surface area contributed by atoms with Gasteiger partial charge in [0.25, 0.3) is 0 Å². The lowest BCUT2D eigenvalue weighted by Gasteiger charge is -2.19. The third-order valence-electron chi connectivity index (χ3n) is 4.44. The maximum absolute atomic E-state index is 12.2. The van der Waals surface area contributed by atoms with Crippen molar-refractivity contribution < 1.29 is 26.7 Å². The van der Waals surface area contributed by atoms with Crippen LogP contribution in [0.2, 0.25) is 0 Å². The van der Waals surface area contributed by atoms with Crippen LogP contribution in [0, 0.1) is 5.92 Å². The summed E-state index contributed by atoms with van der Waals surface area (Å²) in [4.78, 5) is 12.2. The molecule has 0 heterocycles. The molecular formula is C19H38O6S. The lowest BCUT2D eigenvalue weighted by molar-refractivity contribution is -0.154. The highest BCUT2D eigenvalue weighted by atomic mass is 32.3. The van der Waals surface area contributed by atoms with Gasteiger partial charge in [0.1, 0.15) is 0 Å². The molecule has 2 unspecified atom stereocenters. The second kappa shape index (κ2) is 15.4. The second-order valence-electron chi connectivity index (χ2n) is 7.00. The summed E-state index contributed by atoms with van der Waals surface area (Å²) in [6, 6.07) is 0. The standard InChI is InChI=1S/C19H38O6S/c1-4-7-9-10-11-12-14-17(13-6-3)16-24-19(20)18(15-8-5-2)25-26(21,22)23/h17-18H,4-16H2,1-3H3,(H,21,22,23). The Kier molecular flexibility index (Phi) is 15.0. The summed E-state index contributed by atoms with van der Waals surface area (Å²) in [7, 11) is -4.67. The molecular weight excluding hydrogens is 356 g/mol. The molecule has 1 N–H and O–H groups in total. The van der Waals surface area contributed by atoms with Crippen molar-refractivity contribution in [2.45, 2.75) is 104 Å². The minimum Gasteiger partial charge on any atom is -0.463 e. The number of hydrogen-bond donors (Lipinski definition) is 1. The van der Waals surface area contributed by atoms with Gasteiger partial charge in [0, 0.05) is 0 Å². The summed E-state index contributed by atoms with van der Waals surface area (Å²) in [5.74, 6) is -0.423. The Morgan fingerprint density at radius 2 is 1.46 bits per heavy atom. The van der Waals surface area contributed by atoms with Crippen molar-refractivity contribution >= 4 is 16.4 Å². The molecule has 156 valence electrons. The number of carbonyl (C=O) groups excluding carboxylic acids is 1. The third-order valence-corrected chi connectivity index (χ3v) is 4.92. The van der Waals surface area contributed by atoms with Crippen molar-refractivity contribution in [3.05, 3.63) is 0 Å². The van der Waals surface area contributed by atoms with Gasteiger partial charge in [0.15, 0.2) is 6.10 Å². The van der Waals surface area contributed by atoms with E-state index in [1.54, 1.807) is 0 Å². The van der Waals surface area contributed by atoms with Crippen LogP contribution < -0.4 is 0 Å². The first-order valence-corrected chi connectivity index (χ1v) is 11.5. The van der Waals surface area contributed by atoms with E-state index in [9.17, 15) is 13.2 Å². The zero-order valence-electron chi connectivity index (χ0n) is 16.7. The largest absolute Gasteiger partial charge is 0.463 e. The van der Waals surface area contributed by atoms with Gasteiger partial charge < -0.3 is 4.74 Å². The van der Waals surface area contributed by atoms with E-state index in [0.717, 1.165) is 32.1 Å². The van der Waals surface area contributed by atoms with Crippen molar-refractivity contribution in [2.75, 3.05) is 6.61 Å². The molecule has 0 fully saturated rings. The van der Waals surface area contributed by atoms with Gasteiger partial charge in [-0.3, -0.25) is 4.55 Å². The molecule has 0 aromatic heterocycles. The van der Waals surface area contributed by atoms with E-state index in [2.05, 4.69) is 18.0 Å². The number of esters is 1. The molecule has 6 nitrogen and oxygen atoms in total. The van der Waals surface area contributed by atoms with Crippen molar-refractivity contribution in [2.24, 2.45) is 5.92 Å². The number of ether oxygens (including phenoxy) is 1. The van der Waals surface area contributed by atoms with Gasteiger partial charge in [0.2, 0.25) is 0 Å². The van der Waals surface area contributed by atoms with Gasteiger partial charge in [-0.15, -0.1) is 0 Å². The number of rotatable bonds is 17. The SMILES string of the molecule is CCCCCCCCC(CCC)COC(=O)C(CCCC)OS(=O)(=O)O. The summed E-state index contributed by atoms with van der Waals surface area (Å²) in [5, 5.41) is 0. The van der Waals surface area contributed by atoms with E-state index in [0.29, 0.717) is 6.42 Å². The molecule has 0 bridgehead atoms. The fourth-order valence-corrected chi connectivity index (χ4v) is 3.44. The summed E-state index contributed by atoms with van der Waals surface area (Å²) < 4.78 is 40.5. The van der Waals surface area contributed by atoms with Crippen molar-refractivity contribution in [3.8, 4) is 0 Å². The van der Waals surface area contributed by atoms with Crippen molar-refractivity contribution in [1.29, 1.82) is 0 Å². The van der Waals surface area contributed by atoms with E-state index in [-0.39, 0.29) is 18.9 Å². The van der Waals surface area contributed by atoms with Crippen LogP contribution in [0.25, 0.3) is 0 Å². The van der Waals surface area contributed by atoms with Gasteiger partial charge in [-0.1, -0.05) is 78.6 Å². The number of carbonyl (C=O) groups is 1. The maximum Gasteiger partial charge on any atom is 0.398 e. The van der Waals surface area contributed by atoms with Gasteiger partial charge in [0.05, 0.1) is 6.61 Å². The molecule has 0 spiro atoms. The molecule has 0 aliphatic carbocycles. The zero-order chi connectivity index (χ0) is 19.8. The predicted octanol–water partition coefficient (Wildman–Crippen LogP) is 5.07. The monoisotopic (exact) mass is 394 g/mol. The normalized spacial score (nSPS) is 14.2. The third kappa shape index (κ3) is 14.5. The second-order valence-corrected chi connectivity index (χ2v) is 8.04. The molecule has 26 heavy (non-hydrogen) atoms. The van der Waals surface area contributed by atoms with Gasteiger partial charge in [-0.25, -0.2) is 8.98 Å². The van der Waals surface area contributed by atoms with Gasteiger partial charge in [-0.2, -0.15) is 8.42 Å². The van der Waals surface area contributed by atoms with Crippen molar-refractivity contribution in [1.82, 2.24) is 0 Å². The lowest BCUT2D eigenvalue weighted by Crippen LogP contribution is -2.30. The Hall–Kier alpha value is -0.660. The van der Waals surface area contributed by atoms with Crippen LogP contribution in [0.1, 0.15) is 97.8 Å². The first-order chi connectivity index (χ1) is 12.3. The number of hydrogen-bond acceptors (Lipinski definition) is 5. The van der Waals surface area contributed by atoms with E-state index >= 15 is 0 Å². The molecule has 0 aliphatic heterocycles. The number of unbranched alkanes of at least 4 members (excludes halogenated alkanes) is 6. The highest BCUT2D eigenvalue weighted by Gasteiger charge is 2.26. The Balaban J connectivity index is 4.36. The smallest absolute Gasteiger partial charge is 0.398 e. The summed E-state index contributed by atoms with van der Waals surface area (Å²) in [6.45, 7) is 6.50. The van der Waals surface area contributed by atoms with E-state index < -0.39 is 22.5 Å². The Morgan fingerprint density at radius 3 is 2.04 bits per heavy atom. The molecule has 0 aromatic rings. The molecule has 0 aliphatic rings. The Bertz CT molecular complexity index is 449. The maximum atomic E-state index is 12.2. The van der Waals surface area contributed by atoms with Crippen LogP contribution in [0.3, 0.4) is 0 Å². The van der Waals surface area contributed by atoms with Crippen molar-refractivity contribution in [3.63, 3.8) is 0 Å². The topological polar surface area (TPSA) is 89.9 Å². The van der Waals surface area contributed by atoms with Crippen LogP contribution in [0.4, 0.5) is 0 Å². The van der Waals surface area contributed by atoms with E-state index in [1.165, 1.54) is 32.1 Å². The van der Waals surface area contributed by atoms with E-state index in [1.807, 2.05) is 6.92 Å². The van der Waals surface area contributed by atoms with Crippen LogP contribution in [0.15, 0.2) is 0 Å². The average molecular weight is 395 g/mol. The van der Waals surface area contributed by atoms with Crippen LogP contribution >= 0.6 is 0 Å². The highest BCUT2D eigenvalue weighted by molar-refractivity contribution is 7.80. The Labute approximate surface area is 160 Å². The zero-order valence-corrected chi connectivity index (χ0v) is 17.6. The molecule has 0 rings (SSSR count). The molecule has 0 radical (unpaired) electrons. The van der Waals surface area contributed by atoms with Crippen LogP contribution in [-0.4, -0.2) is 31.7 Å². The molecule has 7 heteroatoms. The van der Waals surface area contributed by atoms with Crippen LogP contribution in [-0.2, 0) is 24.1 Å².